The van der Waals surface area contributed by atoms with Gasteiger partial charge in [-0.25, -0.2) is 4.79 Å². The van der Waals surface area contributed by atoms with Crippen molar-refractivity contribution in [3.05, 3.63) is 40.2 Å². The highest BCUT2D eigenvalue weighted by atomic mass is 19.4. The predicted molar refractivity (Wildman–Crippen MR) is 75.2 cm³/mol. The highest BCUT2D eigenvalue weighted by molar-refractivity contribution is 6.08. The summed E-state index contributed by atoms with van der Waals surface area (Å²) in [4.78, 5) is 28.0. The molecule has 2 aromatic rings. The van der Waals surface area contributed by atoms with E-state index in [9.17, 15) is 22.8 Å². The molecule has 1 aromatic heterocycles. The van der Waals surface area contributed by atoms with Crippen LogP contribution in [0, 0.1) is 0 Å². The van der Waals surface area contributed by atoms with Gasteiger partial charge in [0, 0.05) is 24.9 Å². The number of aromatic nitrogens is 1. The van der Waals surface area contributed by atoms with Crippen molar-refractivity contribution in [2.45, 2.75) is 6.18 Å². The van der Waals surface area contributed by atoms with Gasteiger partial charge in [0.05, 0.1) is 0 Å². The van der Waals surface area contributed by atoms with Gasteiger partial charge in [-0.05, 0) is 6.07 Å². The number of nitrogens with one attached hydrogen (secondary N) is 1. The van der Waals surface area contributed by atoms with Gasteiger partial charge < -0.3 is 14.6 Å². The molecule has 118 valence electrons. The molecular formula is C14H13F3N2O3. The molecule has 5 nitrogen and oxygen atoms in total. The van der Waals surface area contributed by atoms with Crippen molar-refractivity contribution < 1.29 is 22.7 Å². The third-order valence-electron chi connectivity index (χ3n) is 2.93. The first-order valence-corrected chi connectivity index (χ1v) is 6.27. The Balaban J connectivity index is 2.59. The average Bonchev–Trinajstić information content (AvgIpc) is 2.44. The molecule has 1 N–H and O–H groups in total. The molecule has 1 heterocycles. The molecule has 0 amide bonds. The van der Waals surface area contributed by atoms with E-state index in [2.05, 4.69) is 9.72 Å². The fraction of sp³-hybridized carbons (Fsp3) is 0.286. The number of fused-ring (bicyclic) bond motifs is 1. The third kappa shape index (κ3) is 3.21. The molecule has 0 unspecified atom stereocenters. The lowest BCUT2D eigenvalue weighted by Crippen LogP contribution is -2.25. The van der Waals surface area contributed by atoms with E-state index in [1.807, 2.05) is 0 Å². The minimum absolute atomic E-state index is 0.0934. The molecule has 8 heteroatoms. The van der Waals surface area contributed by atoms with Gasteiger partial charge >= 0.3 is 12.1 Å². The summed E-state index contributed by atoms with van der Waals surface area (Å²) in [6.07, 6.45) is -4.62. The van der Waals surface area contributed by atoms with Crippen molar-refractivity contribution in [1.29, 1.82) is 0 Å². The Kier molecular flexibility index (Phi) is 4.11. The second-order valence-corrected chi connectivity index (χ2v) is 4.81. The van der Waals surface area contributed by atoms with Crippen LogP contribution < -0.4 is 10.5 Å². The largest absolute Gasteiger partial charge is 0.452 e. The molecule has 0 saturated heterocycles. The minimum Gasteiger partial charge on any atom is -0.452 e. The Morgan fingerprint density at radius 3 is 2.36 bits per heavy atom. The van der Waals surface area contributed by atoms with Gasteiger partial charge in [-0.2, -0.15) is 13.2 Å². The number of H-pyrrole nitrogens is 1. The molecule has 22 heavy (non-hydrogen) atoms. The smallest absolute Gasteiger partial charge is 0.422 e. The summed E-state index contributed by atoms with van der Waals surface area (Å²) >= 11 is 0. The number of rotatable bonds is 3. The van der Waals surface area contributed by atoms with Crippen molar-refractivity contribution in [1.82, 2.24) is 4.98 Å². The summed E-state index contributed by atoms with van der Waals surface area (Å²) in [5.41, 5.74) is -0.545. The molecule has 2 rings (SSSR count). The Morgan fingerprint density at radius 1 is 1.23 bits per heavy atom. The quantitative estimate of drug-likeness (QED) is 0.883. The van der Waals surface area contributed by atoms with Crippen LogP contribution in [0.4, 0.5) is 19.0 Å². The predicted octanol–water partition coefficient (Wildman–Crippen LogP) is 2.31. The lowest BCUT2D eigenvalue weighted by molar-refractivity contribution is -0.161. The maximum atomic E-state index is 12.2. The fourth-order valence-electron chi connectivity index (χ4n) is 2.03. The minimum atomic E-state index is -4.62. The van der Waals surface area contributed by atoms with E-state index < -0.39 is 24.3 Å². The summed E-state index contributed by atoms with van der Waals surface area (Å²) < 4.78 is 41.0. The van der Waals surface area contributed by atoms with Crippen LogP contribution in [0.15, 0.2) is 29.1 Å². The number of esters is 1. The molecule has 0 fully saturated rings. The van der Waals surface area contributed by atoms with E-state index in [0.29, 0.717) is 0 Å². The molecular weight excluding hydrogens is 301 g/mol. The average molecular weight is 314 g/mol. The molecule has 0 aliphatic rings. The van der Waals surface area contributed by atoms with Crippen molar-refractivity contribution in [3.8, 4) is 0 Å². The molecule has 0 bridgehead atoms. The number of carbonyl (C=O) groups excluding carboxylic acids is 1. The first-order chi connectivity index (χ1) is 10.2. The number of aromatic amines is 1. The lowest BCUT2D eigenvalue weighted by atomic mass is 10.1. The van der Waals surface area contributed by atoms with Gasteiger partial charge in [-0.3, -0.25) is 4.79 Å². The molecule has 1 aromatic carbocycles. The van der Waals surface area contributed by atoms with Crippen LogP contribution in [0.3, 0.4) is 0 Å². The molecule has 0 saturated carbocycles. The fourth-order valence-corrected chi connectivity index (χ4v) is 2.03. The van der Waals surface area contributed by atoms with E-state index in [1.54, 1.807) is 26.2 Å². The maximum absolute atomic E-state index is 12.2. The van der Waals surface area contributed by atoms with Crippen LogP contribution in [0.25, 0.3) is 10.8 Å². The van der Waals surface area contributed by atoms with E-state index >= 15 is 0 Å². The molecule has 0 spiro atoms. The van der Waals surface area contributed by atoms with Crippen molar-refractivity contribution >= 4 is 22.6 Å². The van der Waals surface area contributed by atoms with Crippen molar-refractivity contribution in [2.75, 3.05) is 25.6 Å². The Labute approximate surface area is 123 Å². The number of alkyl halides is 3. The number of carbonyl (C=O) groups is 1. The standard InChI is InChI=1S/C14H13F3N2O3/c1-19(2)11-10(13(21)22-7-14(15,16)17)8-5-3-4-6-9(8)12(20)18-11/h3-6H,7H2,1-2H3,(H,18,20). The summed E-state index contributed by atoms with van der Waals surface area (Å²) in [6, 6.07) is 6.15. The van der Waals surface area contributed by atoms with Gasteiger partial charge in [0.15, 0.2) is 6.61 Å². The summed E-state index contributed by atoms with van der Waals surface area (Å²) in [5.74, 6) is -1.05. The number of ether oxygens (including phenoxy) is 1. The number of hydrogen-bond donors (Lipinski definition) is 1. The maximum Gasteiger partial charge on any atom is 0.422 e. The zero-order valence-electron chi connectivity index (χ0n) is 11.8. The zero-order chi connectivity index (χ0) is 16.5. The zero-order valence-corrected chi connectivity index (χ0v) is 11.8. The van der Waals surface area contributed by atoms with Gasteiger partial charge in [0.25, 0.3) is 5.56 Å². The molecule has 0 aliphatic carbocycles. The number of halogens is 3. The van der Waals surface area contributed by atoms with E-state index in [1.165, 1.54) is 17.0 Å². The number of pyridine rings is 1. The monoisotopic (exact) mass is 314 g/mol. The molecule has 0 aliphatic heterocycles. The number of anilines is 1. The summed E-state index contributed by atoms with van der Waals surface area (Å²) in [5, 5.41) is 0.439. The van der Waals surface area contributed by atoms with E-state index in [4.69, 9.17) is 0 Å². The number of benzene rings is 1. The Morgan fingerprint density at radius 2 is 1.82 bits per heavy atom. The Bertz CT molecular complexity index is 766. The lowest BCUT2D eigenvalue weighted by Gasteiger charge is -2.18. The SMILES string of the molecule is CN(C)c1[nH]c(=O)c2ccccc2c1C(=O)OCC(F)(F)F. The summed E-state index contributed by atoms with van der Waals surface area (Å²) in [7, 11) is 3.11. The number of hydrogen-bond acceptors (Lipinski definition) is 4. The van der Waals surface area contributed by atoms with Crippen LogP contribution in [0.2, 0.25) is 0 Å². The first-order valence-electron chi connectivity index (χ1n) is 6.27. The van der Waals surface area contributed by atoms with Gasteiger partial charge in [0.1, 0.15) is 11.4 Å². The topological polar surface area (TPSA) is 62.4 Å². The van der Waals surface area contributed by atoms with Crippen molar-refractivity contribution in [2.24, 2.45) is 0 Å². The number of nitrogens with zero attached hydrogens (tertiary/aromatic N) is 1. The first kappa shape index (κ1) is 15.9. The van der Waals surface area contributed by atoms with Gasteiger partial charge in [0.2, 0.25) is 0 Å². The van der Waals surface area contributed by atoms with E-state index in [0.717, 1.165) is 0 Å². The normalized spacial score (nSPS) is 11.5. The van der Waals surface area contributed by atoms with Crippen LogP contribution in [-0.4, -0.2) is 37.8 Å². The third-order valence-corrected chi connectivity index (χ3v) is 2.93. The van der Waals surface area contributed by atoms with Crippen LogP contribution >= 0.6 is 0 Å². The van der Waals surface area contributed by atoms with E-state index in [-0.39, 0.29) is 22.2 Å². The van der Waals surface area contributed by atoms with Crippen LogP contribution in [-0.2, 0) is 4.74 Å². The summed E-state index contributed by atoms with van der Waals surface area (Å²) in [6.45, 7) is -1.69. The molecule has 0 radical (unpaired) electrons. The van der Waals surface area contributed by atoms with Crippen LogP contribution in [0.5, 0.6) is 0 Å². The highest BCUT2D eigenvalue weighted by Gasteiger charge is 2.31. The van der Waals surface area contributed by atoms with Gasteiger partial charge in [-0.1, -0.05) is 18.2 Å². The Hall–Kier alpha value is -2.51. The van der Waals surface area contributed by atoms with Gasteiger partial charge in [-0.15, -0.1) is 0 Å². The van der Waals surface area contributed by atoms with Crippen LogP contribution in [0.1, 0.15) is 10.4 Å². The second kappa shape index (κ2) is 5.70. The van der Waals surface area contributed by atoms with Crippen molar-refractivity contribution in [3.63, 3.8) is 0 Å². The molecule has 0 atom stereocenters. The highest BCUT2D eigenvalue weighted by Crippen LogP contribution is 2.25. The second-order valence-electron chi connectivity index (χ2n) is 4.81.